The summed E-state index contributed by atoms with van der Waals surface area (Å²) in [6, 6.07) is 8.76. The molecule has 0 saturated heterocycles. The molecule has 7 heteroatoms. The van der Waals surface area contributed by atoms with Crippen LogP contribution in [0.15, 0.2) is 30.9 Å². The van der Waals surface area contributed by atoms with E-state index in [2.05, 4.69) is 6.58 Å². The van der Waals surface area contributed by atoms with Crippen molar-refractivity contribution < 1.29 is 14.4 Å². The summed E-state index contributed by atoms with van der Waals surface area (Å²) in [5.41, 5.74) is -2.99. The fourth-order valence-electron chi connectivity index (χ4n) is 3.72. The van der Waals surface area contributed by atoms with Crippen molar-refractivity contribution in [1.29, 1.82) is 10.5 Å². The van der Waals surface area contributed by atoms with E-state index >= 15 is 0 Å². The first-order chi connectivity index (χ1) is 11.0. The Bertz CT molecular complexity index is 777. The van der Waals surface area contributed by atoms with Gasteiger partial charge in [-0.1, -0.05) is 6.08 Å². The van der Waals surface area contributed by atoms with E-state index < -0.39 is 27.9 Å². The van der Waals surface area contributed by atoms with Gasteiger partial charge in [-0.25, -0.2) is 0 Å². The van der Waals surface area contributed by atoms with E-state index in [1.807, 2.05) is 12.1 Å². The largest absolute Gasteiger partial charge is 0.497 e. The van der Waals surface area contributed by atoms with Crippen LogP contribution in [0.3, 0.4) is 0 Å². The lowest BCUT2D eigenvalue weighted by molar-refractivity contribution is -0.622. The molecule has 23 heavy (non-hydrogen) atoms. The zero-order valence-corrected chi connectivity index (χ0v) is 12.4. The molecule has 1 aliphatic carbocycles. The second-order valence-corrected chi connectivity index (χ2v) is 5.69. The first kappa shape index (κ1) is 14.9. The second-order valence-electron chi connectivity index (χ2n) is 5.69. The van der Waals surface area contributed by atoms with Gasteiger partial charge in [-0.05, 0) is 24.6 Å². The number of benzene rings is 1. The molecule has 116 valence electrons. The van der Waals surface area contributed by atoms with Gasteiger partial charge in [-0.2, -0.15) is 10.5 Å². The molecular weight excluding hydrogens is 298 g/mol. The molecule has 0 N–H and O–H groups in total. The Kier molecular flexibility index (Phi) is 3.05. The van der Waals surface area contributed by atoms with Crippen molar-refractivity contribution in [3.63, 3.8) is 0 Å². The number of nitriles is 2. The molecule has 1 aromatic carbocycles. The second kappa shape index (κ2) is 4.72. The number of ether oxygens (including phenoxy) is 2. The number of hydrogen-bond donors (Lipinski definition) is 0. The quantitative estimate of drug-likeness (QED) is 0.481. The van der Waals surface area contributed by atoms with Gasteiger partial charge < -0.3 is 9.47 Å². The molecule has 0 amide bonds. The molecule has 2 aliphatic rings. The molecule has 1 aliphatic heterocycles. The van der Waals surface area contributed by atoms with E-state index in [-0.39, 0.29) is 6.42 Å². The molecule has 3 rings (SSSR count). The van der Waals surface area contributed by atoms with Crippen molar-refractivity contribution >= 4 is 0 Å². The van der Waals surface area contributed by atoms with E-state index in [4.69, 9.17) is 9.47 Å². The highest BCUT2D eigenvalue weighted by molar-refractivity contribution is 5.52. The highest BCUT2D eigenvalue weighted by Gasteiger charge is 2.76. The summed E-state index contributed by atoms with van der Waals surface area (Å²) < 4.78 is 10.9. The van der Waals surface area contributed by atoms with Gasteiger partial charge in [0, 0.05) is 5.56 Å². The van der Waals surface area contributed by atoms with E-state index in [1.54, 1.807) is 18.2 Å². The van der Waals surface area contributed by atoms with Crippen LogP contribution in [-0.4, -0.2) is 17.8 Å². The topological polar surface area (TPSA) is 109 Å². The third-order valence-electron chi connectivity index (χ3n) is 4.75. The van der Waals surface area contributed by atoms with Crippen LogP contribution in [0.1, 0.15) is 17.9 Å². The average molecular weight is 311 g/mol. The molecule has 1 saturated carbocycles. The molecule has 0 aromatic heterocycles. The Hall–Kier alpha value is -3.06. The predicted molar refractivity (Wildman–Crippen MR) is 78.1 cm³/mol. The van der Waals surface area contributed by atoms with Crippen LogP contribution in [0.25, 0.3) is 0 Å². The van der Waals surface area contributed by atoms with Gasteiger partial charge in [-0.3, -0.25) is 10.1 Å². The van der Waals surface area contributed by atoms with Crippen LogP contribution >= 0.6 is 0 Å². The maximum atomic E-state index is 11.9. The summed E-state index contributed by atoms with van der Waals surface area (Å²) in [5, 5.41) is 31.1. The van der Waals surface area contributed by atoms with Gasteiger partial charge in [0.1, 0.15) is 17.4 Å². The molecule has 7 nitrogen and oxygen atoms in total. The maximum Gasteiger partial charge on any atom is 0.378 e. The molecule has 0 spiro atoms. The number of fused-ring (bicyclic) bond motifs is 3. The van der Waals surface area contributed by atoms with Gasteiger partial charge in [0.15, 0.2) is 5.41 Å². The van der Waals surface area contributed by atoms with Crippen LogP contribution in [-0.2, 0) is 0 Å². The van der Waals surface area contributed by atoms with Crippen LogP contribution in [0, 0.1) is 44.1 Å². The number of nitro groups is 1. The van der Waals surface area contributed by atoms with E-state index in [9.17, 15) is 20.6 Å². The van der Waals surface area contributed by atoms with Crippen LogP contribution < -0.4 is 9.47 Å². The van der Waals surface area contributed by atoms with E-state index in [1.165, 1.54) is 13.2 Å². The van der Waals surface area contributed by atoms with Crippen LogP contribution in [0.2, 0.25) is 0 Å². The third kappa shape index (κ3) is 1.62. The number of nitrogens with zero attached hydrogens (tertiary/aromatic N) is 3. The van der Waals surface area contributed by atoms with Crippen molar-refractivity contribution in [2.24, 2.45) is 11.3 Å². The molecule has 0 bridgehead atoms. The van der Waals surface area contributed by atoms with Gasteiger partial charge in [-0.15, -0.1) is 6.58 Å². The lowest BCUT2D eigenvalue weighted by Gasteiger charge is -2.24. The van der Waals surface area contributed by atoms with Crippen molar-refractivity contribution in [1.82, 2.24) is 0 Å². The van der Waals surface area contributed by atoms with Crippen molar-refractivity contribution in [2.75, 3.05) is 7.11 Å². The molecule has 1 heterocycles. The standard InChI is InChI=1S/C16H13N3O4/c1-3-10-7-15(8-17,9-18)14-12-6-11(22-2)4-5-13(12)23-16(10,14)19(20)21/h3-6,10,14H,1,7H2,2H3/t10?,14-,16+/m1/s1. The van der Waals surface area contributed by atoms with E-state index in [0.717, 1.165) is 0 Å². The lowest BCUT2D eigenvalue weighted by Crippen LogP contribution is -2.49. The first-order valence-corrected chi connectivity index (χ1v) is 6.95. The smallest absolute Gasteiger partial charge is 0.378 e. The Morgan fingerprint density at radius 2 is 2.22 bits per heavy atom. The maximum absolute atomic E-state index is 11.9. The molecule has 3 atom stereocenters. The summed E-state index contributed by atoms with van der Waals surface area (Å²) in [4.78, 5) is 11.4. The molecule has 1 unspecified atom stereocenters. The number of hydrogen-bond acceptors (Lipinski definition) is 6. The minimum atomic E-state index is -1.89. The zero-order valence-electron chi connectivity index (χ0n) is 12.4. The Morgan fingerprint density at radius 1 is 1.52 bits per heavy atom. The molecular formula is C16H13N3O4. The van der Waals surface area contributed by atoms with Gasteiger partial charge in [0.05, 0.1) is 30.1 Å². The normalized spacial score (nSPS) is 29.3. The Balaban J connectivity index is 2.32. The molecule has 1 fully saturated rings. The minimum absolute atomic E-state index is 0.00575. The fourth-order valence-corrected chi connectivity index (χ4v) is 3.72. The fraction of sp³-hybridized carbons (Fsp3) is 0.375. The van der Waals surface area contributed by atoms with Crippen LogP contribution in [0.5, 0.6) is 11.5 Å². The van der Waals surface area contributed by atoms with Gasteiger partial charge in [0.25, 0.3) is 0 Å². The Labute approximate surface area is 132 Å². The summed E-state index contributed by atoms with van der Waals surface area (Å²) in [5.74, 6) is -0.972. The predicted octanol–water partition coefficient (Wildman–Crippen LogP) is 2.38. The lowest BCUT2D eigenvalue weighted by atomic mass is 9.75. The monoisotopic (exact) mass is 311 g/mol. The molecule has 1 aromatic rings. The minimum Gasteiger partial charge on any atom is -0.497 e. The van der Waals surface area contributed by atoms with Crippen molar-refractivity contribution in [2.45, 2.75) is 18.1 Å². The summed E-state index contributed by atoms with van der Waals surface area (Å²) in [7, 11) is 1.47. The Morgan fingerprint density at radius 3 is 2.74 bits per heavy atom. The molecule has 0 radical (unpaired) electrons. The van der Waals surface area contributed by atoms with Gasteiger partial charge in [0.2, 0.25) is 0 Å². The SMILES string of the molecule is C=CC1CC(C#N)(C#N)[C@H]2c3cc(OC)ccc3O[C@@]12[N+](=O)[O-]. The number of methoxy groups -OCH3 is 1. The highest BCUT2D eigenvalue weighted by Crippen LogP contribution is 2.64. The summed E-state index contributed by atoms with van der Waals surface area (Å²) in [6.45, 7) is 3.63. The van der Waals surface area contributed by atoms with E-state index in [0.29, 0.717) is 17.1 Å². The first-order valence-electron chi connectivity index (χ1n) is 6.95. The van der Waals surface area contributed by atoms with Crippen molar-refractivity contribution in [3.8, 4) is 23.6 Å². The zero-order chi connectivity index (χ0) is 16.8. The van der Waals surface area contributed by atoms with Crippen LogP contribution in [0.4, 0.5) is 0 Å². The highest BCUT2D eigenvalue weighted by atomic mass is 16.7. The third-order valence-corrected chi connectivity index (χ3v) is 4.75. The average Bonchev–Trinajstić information content (AvgIpc) is 3.06. The van der Waals surface area contributed by atoms with Crippen molar-refractivity contribution in [3.05, 3.63) is 46.5 Å². The summed E-state index contributed by atoms with van der Waals surface area (Å²) in [6.07, 6.45) is 1.40. The number of rotatable bonds is 3. The summed E-state index contributed by atoms with van der Waals surface area (Å²) >= 11 is 0. The van der Waals surface area contributed by atoms with Gasteiger partial charge >= 0.3 is 5.72 Å².